The van der Waals surface area contributed by atoms with Gasteiger partial charge in [0.15, 0.2) is 0 Å². The van der Waals surface area contributed by atoms with Crippen LogP contribution < -0.4 is 5.32 Å². The van der Waals surface area contributed by atoms with E-state index in [1.54, 1.807) is 17.7 Å². The van der Waals surface area contributed by atoms with Crippen molar-refractivity contribution in [3.8, 4) is 0 Å². The van der Waals surface area contributed by atoms with Crippen LogP contribution in [0.1, 0.15) is 43.0 Å². The maximum absolute atomic E-state index is 5.04. The predicted molar refractivity (Wildman–Crippen MR) is 102 cm³/mol. The first kappa shape index (κ1) is 15.5. The van der Waals surface area contributed by atoms with Gasteiger partial charge in [-0.15, -0.1) is 17.9 Å². The Labute approximate surface area is 146 Å². The molecule has 24 heavy (non-hydrogen) atoms. The predicted octanol–water partition coefficient (Wildman–Crippen LogP) is 4.67. The maximum atomic E-state index is 5.04. The molecule has 0 aromatic carbocycles. The van der Waals surface area contributed by atoms with Crippen LogP contribution in [0.25, 0.3) is 20.4 Å². The van der Waals surface area contributed by atoms with E-state index in [-0.39, 0.29) is 0 Å². The molecule has 0 spiro atoms. The fourth-order valence-corrected chi connectivity index (χ4v) is 4.82. The molecule has 0 atom stereocenters. The van der Waals surface area contributed by atoms with Crippen LogP contribution in [-0.2, 0) is 19.3 Å². The second-order valence-corrected chi connectivity index (χ2v) is 7.32. The third kappa shape index (κ3) is 2.47. The SMILES string of the molecule is C=CCNc1ncnc2c1sc1nc(CCC)c3c(c12)CCCC3. The molecule has 1 N–H and O–H groups in total. The van der Waals surface area contributed by atoms with Crippen molar-refractivity contribution in [1.29, 1.82) is 0 Å². The number of fused-ring (bicyclic) bond motifs is 5. The summed E-state index contributed by atoms with van der Waals surface area (Å²) in [7, 11) is 0. The summed E-state index contributed by atoms with van der Waals surface area (Å²) < 4.78 is 1.11. The molecule has 0 saturated heterocycles. The van der Waals surface area contributed by atoms with E-state index in [0.29, 0.717) is 6.54 Å². The molecule has 0 saturated carbocycles. The number of hydrogen-bond acceptors (Lipinski definition) is 5. The average Bonchev–Trinajstić information content (AvgIpc) is 2.99. The van der Waals surface area contributed by atoms with Crippen LogP contribution >= 0.6 is 11.3 Å². The van der Waals surface area contributed by atoms with Crippen LogP contribution in [-0.4, -0.2) is 21.5 Å². The zero-order valence-corrected chi connectivity index (χ0v) is 14.9. The summed E-state index contributed by atoms with van der Waals surface area (Å²) >= 11 is 1.72. The molecule has 4 nitrogen and oxygen atoms in total. The fourth-order valence-electron chi connectivity index (χ4n) is 3.68. The van der Waals surface area contributed by atoms with E-state index in [2.05, 4.69) is 28.8 Å². The van der Waals surface area contributed by atoms with Gasteiger partial charge in [0.2, 0.25) is 0 Å². The standard InChI is InChI=1S/C19H22N4S/c1-3-7-14-12-8-5-6-9-13(12)15-16-17(24-19(15)23-14)18(20-10-4-2)22-11-21-16/h4,11H,2-3,5-10H2,1H3,(H,20,21,22). The zero-order chi connectivity index (χ0) is 16.5. The third-order valence-corrected chi connectivity index (χ3v) is 5.79. The molecule has 0 bridgehead atoms. The molecule has 5 heteroatoms. The van der Waals surface area contributed by atoms with E-state index in [1.165, 1.54) is 35.0 Å². The van der Waals surface area contributed by atoms with Crippen molar-refractivity contribution in [2.24, 2.45) is 0 Å². The molecular formula is C19H22N4S. The Kier molecular flexibility index (Phi) is 4.19. The van der Waals surface area contributed by atoms with Gasteiger partial charge in [-0.3, -0.25) is 0 Å². The summed E-state index contributed by atoms with van der Waals surface area (Å²) in [4.78, 5) is 15.2. The molecule has 0 amide bonds. The van der Waals surface area contributed by atoms with Crippen LogP contribution in [0.2, 0.25) is 0 Å². The molecule has 3 aromatic rings. The van der Waals surface area contributed by atoms with Gasteiger partial charge >= 0.3 is 0 Å². The third-order valence-electron chi connectivity index (χ3n) is 4.71. The molecule has 0 radical (unpaired) electrons. The van der Waals surface area contributed by atoms with Gasteiger partial charge in [-0.05, 0) is 43.2 Å². The van der Waals surface area contributed by atoms with Gasteiger partial charge in [0.1, 0.15) is 17.0 Å². The van der Waals surface area contributed by atoms with Crippen LogP contribution in [0, 0.1) is 0 Å². The summed E-state index contributed by atoms with van der Waals surface area (Å²) in [5.74, 6) is 0.893. The van der Waals surface area contributed by atoms with Crippen molar-refractivity contribution >= 4 is 37.6 Å². The lowest BCUT2D eigenvalue weighted by molar-refractivity contribution is 0.675. The number of thiophene rings is 1. The van der Waals surface area contributed by atoms with Crippen LogP contribution in [0.15, 0.2) is 19.0 Å². The minimum Gasteiger partial charge on any atom is -0.365 e. The van der Waals surface area contributed by atoms with Gasteiger partial charge in [-0.25, -0.2) is 15.0 Å². The number of nitrogens with one attached hydrogen (secondary N) is 1. The van der Waals surface area contributed by atoms with Gasteiger partial charge in [-0.1, -0.05) is 19.4 Å². The van der Waals surface area contributed by atoms with Crippen LogP contribution in [0.5, 0.6) is 0 Å². The number of hydrogen-bond donors (Lipinski definition) is 1. The Morgan fingerprint density at radius 3 is 2.88 bits per heavy atom. The second kappa shape index (κ2) is 6.48. The number of pyridine rings is 1. The lowest BCUT2D eigenvalue weighted by Gasteiger charge is -2.19. The minimum absolute atomic E-state index is 0.701. The normalized spacial score (nSPS) is 14.0. The number of aromatic nitrogens is 3. The summed E-state index contributed by atoms with van der Waals surface area (Å²) in [6.07, 6.45) is 10.6. The smallest absolute Gasteiger partial charge is 0.147 e. The van der Waals surface area contributed by atoms with E-state index >= 15 is 0 Å². The van der Waals surface area contributed by atoms with Crippen molar-refractivity contribution in [3.05, 3.63) is 35.8 Å². The average molecular weight is 338 g/mol. The molecule has 0 unspecified atom stereocenters. The fraction of sp³-hybridized carbons (Fsp3) is 0.421. The largest absolute Gasteiger partial charge is 0.365 e. The van der Waals surface area contributed by atoms with Gasteiger partial charge in [0.05, 0.1) is 10.2 Å². The van der Waals surface area contributed by atoms with Crippen molar-refractivity contribution in [1.82, 2.24) is 15.0 Å². The monoisotopic (exact) mass is 338 g/mol. The first-order valence-electron chi connectivity index (χ1n) is 8.76. The molecule has 0 aliphatic heterocycles. The summed E-state index contributed by atoms with van der Waals surface area (Å²) in [5, 5.41) is 4.60. The highest BCUT2D eigenvalue weighted by atomic mass is 32.1. The quantitative estimate of drug-likeness (QED) is 0.687. The van der Waals surface area contributed by atoms with Crippen molar-refractivity contribution in [2.75, 3.05) is 11.9 Å². The zero-order valence-electron chi connectivity index (χ0n) is 14.1. The number of nitrogens with zero attached hydrogens (tertiary/aromatic N) is 3. The number of rotatable bonds is 5. The summed E-state index contributed by atoms with van der Waals surface area (Å²) in [5.41, 5.74) is 5.36. The van der Waals surface area contributed by atoms with E-state index in [1.807, 2.05) is 6.08 Å². The molecule has 1 aliphatic rings. The molecule has 4 rings (SSSR count). The van der Waals surface area contributed by atoms with Gasteiger partial charge in [-0.2, -0.15) is 0 Å². The first-order chi connectivity index (χ1) is 11.8. The second-order valence-electron chi connectivity index (χ2n) is 6.32. The van der Waals surface area contributed by atoms with Crippen molar-refractivity contribution < 1.29 is 0 Å². The Bertz CT molecular complexity index is 913. The van der Waals surface area contributed by atoms with E-state index < -0.39 is 0 Å². The van der Waals surface area contributed by atoms with Gasteiger partial charge < -0.3 is 5.32 Å². The number of aryl methyl sites for hydroxylation is 2. The molecule has 124 valence electrons. The topological polar surface area (TPSA) is 50.7 Å². The van der Waals surface area contributed by atoms with E-state index in [9.17, 15) is 0 Å². The molecule has 3 heterocycles. The van der Waals surface area contributed by atoms with Gasteiger partial charge in [0, 0.05) is 17.6 Å². The Hall–Kier alpha value is -2.01. The van der Waals surface area contributed by atoms with Crippen molar-refractivity contribution in [3.63, 3.8) is 0 Å². The highest BCUT2D eigenvalue weighted by Gasteiger charge is 2.22. The Balaban J connectivity index is 2.00. The maximum Gasteiger partial charge on any atom is 0.147 e. The van der Waals surface area contributed by atoms with Gasteiger partial charge in [0.25, 0.3) is 0 Å². The molecule has 1 aliphatic carbocycles. The van der Waals surface area contributed by atoms with E-state index in [4.69, 9.17) is 4.98 Å². The minimum atomic E-state index is 0.701. The van der Waals surface area contributed by atoms with Crippen LogP contribution in [0.3, 0.4) is 0 Å². The lowest BCUT2D eigenvalue weighted by Crippen LogP contribution is -2.09. The Morgan fingerprint density at radius 2 is 2.08 bits per heavy atom. The highest BCUT2D eigenvalue weighted by molar-refractivity contribution is 7.26. The number of anilines is 1. The lowest BCUT2D eigenvalue weighted by atomic mass is 9.88. The molecule has 0 fully saturated rings. The summed E-state index contributed by atoms with van der Waals surface area (Å²) in [6.45, 7) is 6.71. The molecular weight excluding hydrogens is 316 g/mol. The van der Waals surface area contributed by atoms with Crippen LogP contribution in [0.4, 0.5) is 5.82 Å². The first-order valence-corrected chi connectivity index (χ1v) is 9.57. The van der Waals surface area contributed by atoms with E-state index in [0.717, 1.165) is 46.5 Å². The van der Waals surface area contributed by atoms with Crippen molar-refractivity contribution in [2.45, 2.75) is 45.4 Å². The highest BCUT2D eigenvalue weighted by Crippen LogP contribution is 2.40. The Morgan fingerprint density at radius 1 is 1.25 bits per heavy atom. The summed E-state index contributed by atoms with van der Waals surface area (Å²) in [6, 6.07) is 0. The molecule has 3 aromatic heterocycles.